The molecule has 3 heteroatoms. The normalized spacial score (nSPS) is 17.8. The molecule has 3 nitrogen and oxygen atoms in total. The van der Waals surface area contributed by atoms with Gasteiger partial charge in [0.15, 0.2) is 0 Å². The summed E-state index contributed by atoms with van der Waals surface area (Å²) in [7, 11) is 0. The largest absolute Gasteiger partial charge is 0.494 e. The maximum atomic E-state index is 5.75. The van der Waals surface area contributed by atoms with Gasteiger partial charge in [-0.2, -0.15) is 0 Å². The van der Waals surface area contributed by atoms with Crippen LogP contribution in [0.25, 0.3) is 0 Å². The van der Waals surface area contributed by atoms with Crippen LogP contribution in [-0.4, -0.2) is 37.7 Å². The Morgan fingerprint density at radius 3 is 2.56 bits per heavy atom. The first kappa shape index (κ1) is 13.4. The zero-order chi connectivity index (χ0) is 12.6. The van der Waals surface area contributed by atoms with Crippen LogP contribution in [0, 0.1) is 5.92 Å². The van der Waals surface area contributed by atoms with Crippen LogP contribution in [-0.2, 0) is 0 Å². The van der Waals surface area contributed by atoms with Crippen molar-refractivity contribution in [1.82, 2.24) is 4.90 Å². The molecule has 18 heavy (non-hydrogen) atoms. The van der Waals surface area contributed by atoms with Crippen molar-refractivity contribution < 1.29 is 4.74 Å². The maximum Gasteiger partial charge on any atom is 0.119 e. The minimum absolute atomic E-state index is 0.780. The number of hydrogen-bond donors (Lipinski definition) is 1. The fourth-order valence-corrected chi connectivity index (χ4v) is 2.54. The lowest BCUT2D eigenvalue weighted by Gasteiger charge is -2.31. The Bertz CT molecular complexity index is 321. The lowest BCUT2D eigenvalue weighted by atomic mass is 9.94. The molecule has 1 aromatic rings. The molecule has 0 bridgehead atoms. The molecule has 1 aliphatic heterocycles. The number of para-hydroxylation sites is 1. The summed E-state index contributed by atoms with van der Waals surface area (Å²) in [6, 6.07) is 10.1. The predicted molar refractivity (Wildman–Crippen MR) is 74.8 cm³/mol. The summed E-state index contributed by atoms with van der Waals surface area (Å²) in [5.41, 5.74) is 5.58. The number of benzene rings is 1. The first-order chi connectivity index (χ1) is 8.88. The van der Waals surface area contributed by atoms with E-state index in [-0.39, 0.29) is 0 Å². The second kappa shape index (κ2) is 7.39. The summed E-state index contributed by atoms with van der Waals surface area (Å²) in [6.45, 7) is 5.07. The van der Waals surface area contributed by atoms with Crippen LogP contribution < -0.4 is 10.5 Å². The molecule has 1 heterocycles. The first-order valence-corrected chi connectivity index (χ1v) is 6.99. The van der Waals surface area contributed by atoms with Gasteiger partial charge in [-0.15, -0.1) is 0 Å². The second-order valence-electron chi connectivity index (χ2n) is 5.02. The lowest BCUT2D eigenvalue weighted by Crippen LogP contribution is -2.37. The van der Waals surface area contributed by atoms with E-state index in [9.17, 15) is 0 Å². The van der Waals surface area contributed by atoms with Crippen LogP contribution in [0.5, 0.6) is 5.75 Å². The fraction of sp³-hybridized carbons (Fsp3) is 0.600. The van der Waals surface area contributed by atoms with Gasteiger partial charge in [-0.05, 0) is 50.4 Å². The quantitative estimate of drug-likeness (QED) is 0.838. The van der Waals surface area contributed by atoms with Crippen LogP contribution in [0.2, 0.25) is 0 Å². The minimum Gasteiger partial charge on any atom is -0.494 e. The van der Waals surface area contributed by atoms with Gasteiger partial charge in [-0.3, -0.25) is 0 Å². The van der Waals surface area contributed by atoms with E-state index in [2.05, 4.69) is 4.90 Å². The highest BCUT2D eigenvalue weighted by atomic mass is 16.5. The standard InChI is InChI=1S/C15H24N2O/c16-9-12-17-10-6-14(7-11-17)8-13-18-15-4-2-1-3-5-15/h1-5,14H,6-13,16H2. The van der Waals surface area contributed by atoms with Crippen LogP contribution in [0.4, 0.5) is 0 Å². The highest BCUT2D eigenvalue weighted by Gasteiger charge is 2.18. The Balaban J connectivity index is 1.61. The minimum atomic E-state index is 0.780. The Morgan fingerprint density at radius 2 is 1.89 bits per heavy atom. The summed E-state index contributed by atoms with van der Waals surface area (Å²) in [6.07, 6.45) is 3.75. The number of likely N-dealkylation sites (tertiary alicyclic amines) is 1. The van der Waals surface area contributed by atoms with Gasteiger partial charge >= 0.3 is 0 Å². The molecule has 1 aliphatic rings. The maximum absolute atomic E-state index is 5.75. The number of nitrogens with zero attached hydrogens (tertiary/aromatic N) is 1. The number of piperidine rings is 1. The molecule has 0 aliphatic carbocycles. The molecule has 0 aromatic heterocycles. The molecule has 100 valence electrons. The molecular weight excluding hydrogens is 224 g/mol. The van der Waals surface area contributed by atoms with Gasteiger partial charge in [0.25, 0.3) is 0 Å². The molecule has 0 amide bonds. The van der Waals surface area contributed by atoms with Crippen molar-refractivity contribution in [2.75, 3.05) is 32.8 Å². The van der Waals surface area contributed by atoms with E-state index in [0.29, 0.717) is 0 Å². The van der Waals surface area contributed by atoms with E-state index >= 15 is 0 Å². The van der Waals surface area contributed by atoms with E-state index in [1.165, 1.54) is 32.4 Å². The molecule has 0 spiro atoms. The SMILES string of the molecule is NCCN1CCC(CCOc2ccccc2)CC1. The fourth-order valence-electron chi connectivity index (χ4n) is 2.54. The highest BCUT2D eigenvalue weighted by Crippen LogP contribution is 2.20. The Morgan fingerprint density at radius 1 is 1.17 bits per heavy atom. The zero-order valence-electron chi connectivity index (χ0n) is 11.1. The molecule has 0 radical (unpaired) electrons. The summed E-state index contributed by atoms with van der Waals surface area (Å²) in [5.74, 6) is 1.81. The molecule has 1 aromatic carbocycles. The summed E-state index contributed by atoms with van der Waals surface area (Å²) in [4.78, 5) is 2.47. The molecule has 2 N–H and O–H groups in total. The van der Waals surface area contributed by atoms with E-state index < -0.39 is 0 Å². The summed E-state index contributed by atoms with van der Waals surface area (Å²) >= 11 is 0. The molecule has 0 unspecified atom stereocenters. The first-order valence-electron chi connectivity index (χ1n) is 6.99. The topological polar surface area (TPSA) is 38.5 Å². The van der Waals surface area contributed by atoms with Crippen molar-refractivity contribution in [3.8, 4) is 5.75 Å². The zero-order valence-corrected chi connectivity index (χ0v) is 11.1. The lowest BCUT2D eigenvalue weighted by molar-refractivity contribution is 0.166. The van der Waals surface area contributed by atoms with Crippen molar-refractivity contribution in [2.24, 2.45) is 11.7 Å². The van der Waals surface area contributed by atoms with E-state index in [1.54, 1.807) is 0 Å². The van der Waals surface area contributed by atoms with Gasteiger partial charge in [0.2, 0.25) is 0 Å². The van der Waals surface area contributed by atoms with Gasteiger partial charge in [0.1, 0.15) is 5.75 Å². The molecule has 0 saturated carbocycles. The second-order valence-corrected chi connectivity index (χ2v) is 5.02. The van der Waals surface area contributed by atoms with Gasteiger partial charge in [-0.1, -0.05) is 18.2 Å². The highest BCUT2D eigenvalue weighted by molar-refractivity contribution is 5.20. The Hall–Kier alpha value is -1.06. The Kier molecular flexibility index (Phi) is 5.49. The molecule has 1 saturated heterocycles. The Labute approximate surface area is 110 Å². The predicted octanol–water partition coefficient (Wildman–Crippen LogP) is 2.13. The van der Waals surface area contributed by atoms with Gasteiger partial charge in [0, 0.05) is 13.1 Å². The van der Waals surface area contributed by atoms with E-state index in [4.69, 9.17) is 10.5 Å². The third-order valence-corrected chi connectivity index (χ3v) is 3.69. The molecular formula is C15H24N2O. The third-order valence-electron chi connectivity index (χ3n) is 3.69. The van der Waals surface area contributed by atoms with Crippen molar-refractivity contribution >= 4 is 0 Å². The van der Waals surface area contributed by atoms with Crippen LogP contribution >= 0.6 is 0 Å². The average Bonchev–Trinajstić information content (AvgIpc) is 2.42. The number of nitrogens with two attached hydrogens (primary N) is 1. The number of rotatable bonds is 6. The van der Waals surface area contributed by atoms with Crippen molar-refractivity contribution in [2.45, 2.75) is 19.3 Å². The smallest absolute Gasteiger partial charge is 0.119 e. The van der Waals surface area contributed by atoms with E-state index in [1.807, 2.05) is 30.3 Å². The molecule has 1 fully saturated rings. The monoisotopic (exact) mass is 248 g/mol. The van der Waals surface area contributed by atoms with Gasteiger partial charge in [0.05, 0.1) is 6.61 Å². The van der Waals surface area contributed by atoms with Gasteiger partial charge < -0.3 is 15.4 Å². The van der Waals surface area contributed by atoms with Crippen molar-refractivity contribution in [3.63, 3.8) is 0 Å². The van der Waals surface area contributed by atoms with Crippen molar-refractivity contribution in [1.29, 1.82) is 0 Å². The van der Waals surface area contributed by atoms with E-state index in [0.717, 1.165) is 31.4 Å². The summed E-state index contributed by atoms with van der Waals surface area (Å²) in [5, 5.41) is 0. The number of hydrogen-bond acceptors (Lipinski definition) is 3. The van der Waals surface area contributed by atoms with Crippen LogP contribution in [0.15, 0.2) is 30.3 Å². The molecule has 2 rings (SSSR count). The molecule has 0 atom stereocenters. The number of ether oxygens (including phenoxy) is 1. The van der Waals surface area contributed by atoms with Crippen LogP contribution in [0.1, 0.15) is 19.3 Å². The third kappa shape index (κ3) is 4.31. The summed E-state index contributed by atoms with van der Waals surface area (Å²) < 4.78 is 5.75. The average molecular weight is 248 g/mol. The van der Waals surface area contributed by atoms with Gasteiger partial charge in [-0.25, -0.2) is 0 Å². The van der Waals surface area contributed by atoms with Crippen molar-refractivity contribution in [3.05, 3.63) is 30.3 Å². The van der Waals surface area contributed by atoms with Crippen LogP contribution in [0.3, 0.4) is 0 Å².